The second-order valence-corrected chi connectivity index (χ2v) is 4.85. The van der Waals surface area contributed by atoms with Crippen molar-refractivity contribution in [3.63, 3.8) is 0 Å². The van der Waals surface area contributed by atoms with Gasteiger partial charge in [-0.2, -0.15) is 0 Å². The van der Waals surface area contributed by atoms with Gasteiger partial charge in [-0.3, -0.25) is 4.79 Å². The molecule has 0 unspecified atom stereocenters. The van der Waals surface area contributed by atoms with Gasteiger partial charge in [-0.15, -0.1) is 23.2 Å². The van der Waals surface area contributed by atoms with E-state index in [2.05, 4.69) is 5.32 Å². The molecule has 2 nitrogen and oxygen atoms in total. The van der Waals surface area contributed by atoms with Gasteiger partial charge in [0.25, 0.3) is 5.91 Å². The van der Waals surface area contributed by atoms with Crippen LogP contribution in [0.4, 0.5) is 4.39 Å². The summed E-state index contributed by atoms with van der Waals surface area (Å²) < 4.78 is 13.2. The Hall–Kier alpha value is -0.800. The first-order chi connectivity index (χ1) is 8.48. The lowest BCUT2D eigenvalue weighted by molar-refractivity contribution is 0.0912. The number of carbonyl (C=O) groups is 1. The van der Waals surface area contributed by atoms with Crippen molar-refractivity contribution in [3.8, 4) is 0 Å². The van der Waals surface area contributed by atoms with Crippen LogP contribution in [0.25, 0.3) is 0 Å². The quantitative estimate of drug-likeness (QED) is 0.827. The molecular weight excluding hydrogens is 276 g/mol. The lowest BCUT2D eigenvalue weighted by Crippen LogP contribution is -2.51. The molecule has 0 saturated carbocycles. The molecule has 0 spiro atoms. The van der Waals surface area contributed by atoms with Crippen molar-refractivity contribution in [1.29, 1.82) is 0 Å². The van der Waals surface area contributed by atoms with Crippen LogP contribution in [0.2, 0.25) is 0 Å². The van der Waals surface area contributed by atoms with Crippen molar-refractivity contribution in [2.45, 2.75) is 25.8 Å². The van der Waals surface area contributed by atoms with Crippen molar-refractivity contribution in [2.24, 2.45) is 0 Å². The van der Waals surface area contributed by atoms with E-state index in [-0.39, 0.29) is 17.7 Å². The fourth-order valence-corrected chi connectivity index (χ4v) is 2.32. The van der Waals surface area contributed by atoms with E-state index < -0.39 is 11.4 Å². The third kappa shape index (κ3) is 3.36. The normalized spacial score (nSPS) is 11.4. The van der Waals surface area contributed by atoms with Crippen LogP contribution in [0.15, 0.2) is 18.2 Å². The highest BCUT2D eigenvalue weighted by Crippen LogP contribution is 2.17. The summed E-state index contributed by atoms with van der Waals surface area (Å²) in [6.45, 7) is 3.65. The highest BCUT2D eigenvalue weighted by Gasteiger charge is 2.29. The number of benzene rings is 1. The smallest absolute Gasteiger partial charge is 0.252 e. The summed E-state index contributed by atoms with van der Waals surface area (Å²) in [6, 6.07) is 4.11. The summed E-state index contributed by atoms with van der Waals surface area (Å²) in [6.07, 6.45) is 0.611. The highest BCUT2D eigenvalue weighted by molar-refractivity contribution is 6.22. The number of alkyl halides is 2. The number of aryl methyl sites for hydroxylation is 1. The van der Waals surface area contributed by atoms with Gasteiger partial charge in [0.15, 0.2) is 0 Å². The summed E-state index contributed by atoms with van der Waals surface area (Å²) in [4.78, 5) is 12.1. The molecule has 0 radical (unpaired) electrons. The molecule has 0 saturated heterocycles. The molecule has 1 aromatic rings. The van der Waals surface area contributed by atoms with Crippen LogP contribution < -0.4 is 5.32 Å². The summed E-state index contributed by atoms with van der Waals surface area (Å²) in [5, 5.41) is 2.79. The zero-order chi connectivity index (χ0) is 13.8. The van der Waals surface area contributed by atoms with Crippen LogP contribution >= 0.6 is 23.2 Å². The molecule has 0 aromatic heterocycles. The van der Waals surface area contributed by atoms with E-state index in [9.17, 15) is 9.18 Å². The number of amides is 1. The zero-order valence-electron chi connectivity index (χ0n) is 10.4. The average Bonchev–Trinajstić information content (AvgIpc) is 2.38. The standard InChI is InChI=1S/C13H16Cl2FNO/c1-3-13(7-14,8-15)17-12(18)11-6-10(16)5-4-9(11)2/h4-6H,3,7-8H2,1-2H3,(H,17,18). The molecule has 0 fully saturated rings. The Morgan fingerprint density at radius 1 is 1.39 bits per heavy atom. The maximum absolute atomic E-state index is 13.2. The van der Waals surface area contributed by atoms with Crippen molar-refractivity contribution < 1.29 is 9.18 Å². The van der Waals surface area contributed by atoms with Crippen LogP contribution in [0.3, 0.4) is 0 Å². The fraction of sp³-hybridized carbons (Fsp3) is 0.462. The van der Waals surface area contributed by atoms with Crippen LogP contribution in [-0.4, -0.2) is 23.2 Å². The zero-order valence-corrected chi connectivity index (χ0v) is 11.9. The Kier molecular flexibility index (Phi) is 5.42. The molecule has 0 heterocycles. The summed E-state index contributed by atoms with van der Waals surface area (Å²) in [5.41, 5.74) is 0.366. The predicted octanol–water partition coefficient (Wildman–Crippen LogP) is 3.49. The third-order valence-electron chi connectivity index (χ3n) is 3.01. The minimum atomic E-state index is -0.654. The molecule has 0 aliphatic rings. The molecule has 5 heteroatoms. The van der Waals surface area contributed by atoms with E-state index in [1.165, 1.54) is 12.1 Å². The number of carbonyl (C=O) groups excluding carboxylic acids is 1. The number of halogens is 3. The van der Waals surface area contributed by atoms with Gasteiger partial charge in [-0.1, -0.05) is 13.0 Å². The number of hydrogen-bond acceptors (Lipinski definition) is 1. The van der Waals surface area contributed by atoms with Crippen LogP contribution in [0.5, 0.6) is 0 Å². The first-order valence-corrected chi connectivity index (χ1v) is 6.75. The average molecular weight is 292 g/mol. The van der Waals surface area contributed by atoms with Crippen LogP contribution in [-0.2, 0) is 0 Å². The minimum absolute atomic E-state index is 0.215. The fourth-order valence-electron chi connectivity index (χ4n) is 1.53. The van der Waals surface area contributed by atoms with Gasteiger partial charge in [-0.05, 0) is 31.0 Å². The van der Waals surface area contributed by atoms with Gasteiger partial charge < -0.3 is 5.32 Å². The maximum atomic E-state index is 13.2. The minimum Gasteiger partial charge on any atom is -0.344 e. The molecule has 1 aromatic carbocycles. The molecule has 0 atom stereocenters. The molecule has 1 N–H and O–H groups in total. The third-order valence-corrected chi connectivity index (χ3v) is 4.03. The van der Waals surface area contributed by atoms with Gasteiger partial charge in [0.1, 0.15) is 5.82 Å². The molecule has 0 aliphatic heterocycles. The Bertz CT molecular complexity index is 425. The van der Waals surface area contributed by atoms with Crippen molar-refractivity contribution >= 4 is 29.1 Å². The van der Waals surface area contributed by atoms with Crippen LogP contribution in [0.1, 0.15) is 29.3 Å². The molecule has 100 valence electrons. The van der Waals surface area contributed by atoms with Gasteiger partial charge >= 0.3 is 0 Å². The largest absolute Gasteiger partial charge is 0.344 e. The maximum Gasteiger partial charge on any atom is 0.252 e. The Balaban J connectivity index is 2.97. The Labute approximate surface area is 116 Å². The predicted molar refractivity (Wildman–Crippen MR) is 73.1 cm³/mol. The van der Waals surface area contributed by atoms with Crippen molar-refractivity contribution in [2.75, 3.05) is 11.8 Å². The van der Waals surface area contributed by atoms with E-state index in [0.29, 0.717) is 17.5 Å². The molecule has 0 aliphatic carbocycles. The van der Waals surface area contributed by atoms with Gasteiger partial charge in [-0.25, -0.2) is 4.39 Å². The van der Waals surface area contributed by atoms with Crippen molar-refractivity contribution in [1.82, 2.24) is 5.32 Å². The molecule has 1 amide bonds. The lowest BCUT2D eigenvalue weighted by atomic mass is 9.99. The summed E-state index contributed by atoms with van der Waals surface area (Å²) in [7, 11) is 0. The second kappa shape index (κ2) is 6.39. The number of rotatable bonds is 5. The number of nitrogens with one attached hydrogen (secondary N) is 1. The van der Waals surface area contributed by atoms with Gasteiger partial charge in [0.2, 0.25) is 0 Å². The SMILES string of the molecule is CCC(CCl)(CCl)NC(=O)c1cc(F)ccc1C. The summed E-state index contributed by atoms with van der Waals surface area (Å²) in [5.74, 6) is -0.361. The summed E-state index contributed by atoms with van der Waals surface area (Å²) >= 11 is 11.7. The van der Waals surface area contributed by atoms with Gasteiger partial charge in [0.05, 0.1) is 5.54 Å². The first kappa shape index (κ1) is 15.3. The van der Waals surface area contributed by atoms with E-state index in [1.54, 1.807) is 13.0 Å². The van der Waals surface area contributed by atoms with Crippen LogP contribution in [0, 0.1) is 12.7 Å². The van der Waals surface area contributed by atoms with E-state index in [0.717, 1.165) is 0 Å². The monoisotopic (exact) mass is 291 g/mol. The molecular formula is C13H16Cl2FNO. The van der Waals surface area contributed by atoms with Gasteiger partial charge in [0, 0.05) is 17.3 Å². The topological polar surface area (TPSA) is 29.1 Å². The number of hydrogen-bond donors (Lipinski definition) is 1. The van der Waals surface area contributed by atoms with E-state index in [1.807, 2.05) is 6.92 Å². The molecule has 18 heavy (non-hydrogen) atoms. The second-order valence-electron chi connectivity index (χ2n) is 4.31. The van der Waals surface area contributed by atoms with Crippen molar-refractivity contribution in [3.05, 3.63) is 35.1 Å². The first-order valence-electron chi connectivity index (χ1n) is 5.68. The Morgan fingerprint density at radius 2 is 2.00 bits per heavy atom. The molecule has 0 bridgehead atoms. The van der Waals surface area contributed by atoms with E-state index >= 15 is 0 Å². The molecule has 1 rings (SSSR count). The highest BCUT2D eigenvalue weighted by atomic mass is 35.5. The lowest BCUT2D eigenvalue weighted by Gasteiger charge is -2.29. The Morgan fingerprint density at radius 3 is 2.50 bits per heavy atom. The van der Waals surface area contributed by atoms with E-state index in [4.69, 9.17) is 23.2 Å².